The van der Waals surface area contributed by atoms with E-state index in [2.05, 4.69) is 18.8 Å². The monoisotopic (exact) mass is 653 g/mol. The van der Waals surface area contributed by atoms with Gasteiger partial charge in [-0.1, -0.05) is 104 Å². The minimum Gasteiger partial charge on any atom is -0.480 e. The molecule has 1 saturated carbocycles. The number of carboxylic acid groups (broad SMARTS) is 1. The Hall–Kier alpha value is -4.11. The summed E-state index contributed by atoms with van der Waals surface area (Å²) >= 11 is 6.14. The highest BCUT2D eigenvalue weighted by Gasteiger charge is 2.73. The van der Waals surface area contributed by atoms with Gasteiger partial charge in [0, 0.05) is 11.7 Å². The predicted molar refractivity (Wildman–Crippen MR) is 178 cm³/mol. The first-order valence-electron chi connectivity index (χ1n) is 16.1. The zero-order valence-corrected chi connectivity index (χ0v) is 27.1. The molecular weight excluding hydrogens is 617 g/mol. The van der Waals surface area contributed by atoms with Crippen molar-refractivity contribution in [3.05, 3.63) is 125 Å². The summed E-state index contributed by atoms with van der Waals surface area (Å²) < 4.78 is 15.7. The van der Waals surface area contributed by atoms with Gasteiger partial charge in [-0.05, 0) is 66.3 Å². The topological polar surface area (TPSA) is 94.0 Å². The standard InChI is InChI=1S/C38H37ClFN3O4/c1-36(2)18-20-37(21-19-36)38(26-15-9-10-16-27(26)42(35(38)47)28-17-22-41-33(39)30(28)40)23-29(34(45)46)43(37)31(24-11-5-3-6-12-24)32(44)25-13-7-4-8-14-25/h3-17,22,29,31-32,44H,18-21,23H2,1-2H3,(H,45,46)/t29?,31-,32+,38?/m1/s1. The zero-order chi connectivity index (χ0) is 33.1. The Morgan fingerprint density at radius 3 is 2.13 bits per heavy atom. The number of carbonyl (C=O) groups is 2. The molecule has 0 bridgehead atoms. The average molecular weight is 654 g/mol. The van der Waals surface area contributed by atoms with Crippen LogP contribution in [0.25, 0.3) is 0 Å². The lowest BCUT2D eigenvalue weighted by molar-refractivity contribution is -0.150. The van der Waals surface area contributed by atoms with Crippen LogP contribution in [-0.2, 0) is 15.0 Å². The second kappa shape index (κ2) is 11.5. The number of carboxylic acids is 1. The fraction of sp³-hybridized carbons (Fsp3) is 0.342. The van der Waals surface area contributed by atoms with Crippen LogP contribution in [0.3, 0.4) is 0 Å². The molecule has 7 rings (SSSR count). The summed E-state index contributed by atoms with van der Waals surface area (Å²) in [6, 6.07) is 25.5. The van der Waals surface area contributed by atoms with E-state index in [1.807, 2.05) is 77.7 Å². The molecule has 7 nitrogen and oxygen atoms in total. The lowest BCUT2D eigenvalue weighted by Crippen LogP contribution is -2.63. The lowest BCUT2D eigenvalue weighted by Gasteiger charge is -2.55. The molecule has 242 valence electrons. The molecule has 47 heavy (non-hydrogen) atoms. The summed E-state index contributed by atoms with van der Waals surface area (Å²) in [5.41, 5.74) is 0.0577. The number of carbonyl (C=O) groups excluding carboxylic acids is 1. The predicted octanol–water partition coefficient (Wildman–Crippen LogP) is 7.76. The van der Waals surface area contributed by atoms with Crippen molar-refractivity contribution < 1.29 is 24.2 Å². The number of benzene rings is 3. The van der Waals surface area contributed by atoms with Gasteiger partial charge in [0.25, 0.3) is 0 Å². The molecular formula is C38H37ClFN3O4. The van der Waals surface area contributed by atoms with Crippen molar-refractivity contribution in [2.45, 2.75) is 75.1 Å². The van der Waals surface area contributed by atoms with E-state index in [9.17, 15) is 15.0 Å². The highest BCUT2D eigenvalue weighted by atomic mass is 35.5. The van der Waals surface area contributed by atoms with E-state index in [1.54, 1.807) is 12.1 Å². The second-order valence-corrected chi connectivity index (χ2v) is 14.2. The summed E-state index contributed by atoms with van der Waals surface area (Å²) in [4.78, 5) is 36.2. The van der Waals surface area contributed by atoms with Gasteiger partial charge in [0.1, 0.15) is 6.04 Å². The Balaban J connectivity index is 1.51. The molecule has 1 saturated heterocycles. The van der Waals surface area contributed by atoms with Crippen molar-refractivity contribution in [1.82, 2.24) is 9.88 Å². The molecule has 2 unspecified atom stereocenters. The molecule has 0 radical (unpaired) electrons. The maximum absolute atomic E-state index is 15.7. The maximum atomic E-state index is 15.7. The van der Waals surface area contributed by atoms with Crippen LogP contribution < -0.4 is 4.90 Å². The van der Waals surface area contributed by atoms with E-state index in [-0.39, 0.29) is 22.7 Å². The van der Waals surface area contributed by atoms with Crippen molar-refractivity contribution in [3.63, 3.8) is 0 Å². The number of hydrogen-bond donors (Lipinski definition) is 2. The molecule has 4 aromatic rings. The lowest BCUT2D eigenvalue weighted by atomic mass is 9.56. The fourth-order valence-corrected chi connectivity index (χ4v) is 8.83. The number of anilines is 2. The highest BCUT2D eigenvalue weighted by molar-refractivity contribution is 6.30. The van der Waals surface area contributed by atoms with Gasteiger partial charge in [0.15, 0.2) is 11.0 Å². The van der Waals surface area contributed by atoms with Gasteiger partial charge >= 0.3 is 5.97 Å². The molecule has 1 aromatic heterocycles. The van der Waals surface area contributed by atoms with Crippen molar-refractivity contribution >= 4 is 34.9 Å². The van der Waals surface area contributed by atoms with Gasteiger partial charge in [0.2, 0.25) is 5.91 Å². The van der Waals surface area contributed by atoms with Crippen LogP contribution in [-0.4, -0.2) is 43.6 Å². The number of likely N-dealkylation sites (tertiary alicyclic amines) is 1. The van der Waals surface area contributed by atoms with Crippen LogP contribution in [0.4, 0.5) is 15.8 Å². The first-order chi connectivity index (χ1) is 22.5. The van der Waals surface area contributed by atoms with Crippen LogP contribution >= 0.6 is 11.6 Å². The number of rotatable bonds is 6. The smallest absolute Gasteiger partial charge is 0.321 e. The number of halogens is 2. The van der Waals surface area contributed by atoms with E-state index in [0.717, 1.165) is 18.4 Å². The second-order valence-electron chi connectivity index (χ2n) is 13.9. The largest absolute Gasteiger partial charge is 0.480 e. The van der Waals surface area contributed by atoms with Crippen LogP contribution in [0.2, 0.25) is 5.15 Å². The first-order valence-corrected chi connectivity index (χ1v) is 16.4. The molecule has 1 amide bonds. The highest BCUT2D eigenvalue weighted by Crippen LogP contribution is 2.66. The third-order valence-corrected chi connectivity index (χ3v) is 11.2. The maximum Gasteiger partial charge on any atom is 0.321 e. The number of fused-ring (bicyclic) bond motifs is 3. The molecule has 3 aliphatic rings. The number of hydrogen-bond acceptors (Lipinski definition) is 5. The van der Waals surface area contributed by atoms with E-state index in [1.165, 1.54) is 17.2 Å². The summed E-state index contributed by atoms with van der Waals surface area (Å²) in [6.45, 7) is 4.39. The zero-order valence-electron chi connectivity index (χ0n) is 26.3. The summed E-state index contributed by atoms with van der Waals surface area (Å²) in [5, 5.41) is 23.0. The number of pyridine rings is 1. The normalized spacial score (nSPS) is 24.4. The van der Waals surface area contributed by atoms with Gasteiger partial charge < -0.3 is 10.2 Å². The fourth-order valence-electron chi connectivity index (χ4n) is 8.68. The molecule has 3 aromatic carbocycles. The third-order valence-electron chi connectivity index (χ3n) is 11.0. The van der Waals surface area contributed by atoms with Crippen molar-refractivity contribution in [3.8, 4) is 0 Å². The van der Waals surface area contributed by atoms with E-state index in [4.69, 9.17) is 11.6 Å². The van der Waals surface area contributed by atoms with E-state index in [0.29, 0.717) is 29.7 Å². The van der Waals surface area contributed by atoms with Crippen LogP contribution in [0.5, 0.6) is 0 Å². The first kappa shape index (κ1) is 31.5. The number of para-hydroxylation sites is 1. The molecule has 2 fully saturated rings. The summed E-state index contributed by atoms with van der Waals surface area (Å²) in [6.07, 6.45) is 2.67. The van der Waals surface area contributed by atoms with Gasteiger partial charge in [0.05, 0.1) is 28.9 Å². The Kier molecular flexibility index (Phi) is 7.73. The van der Waals surface area contributed by atoms with Crippen LogP contribution in [0, 0.1) is 11.2 Å². The Morgan fingerprint density at radius 2 is 1.49 bits per heavy atom. The third kappa shape index (κ3) is 4.72. The van der Waals surface area contributed by atoms with E-state index >= 15 is 9.18 Å². The van der Waals surface area contributed by atoms with Gasteiger partial charge in [-0.15, -0.1) is 0 Å². The number of aliphatic hydroxyl groups excluding tert-OH is 1. The van der Waals surface area contributed by atoms with Crippen molar-refractivity contribution in [1.29, 1.82) is 0 Å². The minimum absolute atomic E-state index is 0.0279. The average Bonchev–Trinajstić information content (AvgIpc) is 3.50. The molecule has 2 aliphatic heterocycles. The van der Waals surface area contributed by atoms with Crippen LogP contribution in [0.1, 0.15) is 74.8 Å². The Morgan fingerprint density at radius 1 is 0.894 bits per heavy atom. The van der Waals surface area contributed by atoms with Crippen molar-refractivity contribution in [2.24, 2.45) is 5.41 Å². The van der Waals surface area contributed by atoms with Crippen LogP contribution in [0.15, 0.2) is 97.2 Å². The SMILES string of the molecule is CC1(C)CCC2(CC1)N([C@H](c1ccccc1)[C@@H](O)c1ccccc1)C(C(=O)O)CC21C(=O)N(c2ccnc(Cl)c2F)c2ccccc21. The quantitative estimate of drug-likeness (QED) is 0.207. The molecule has 3 heterocycles. The Labute approximate surface area is 278 Å². The molecule has 9 heteroatoms. The molecule has 1 aliphatic carbocycles. The van der Waals surface area contributed by atoms with Gasteiger partial charge in [-0.25, -0.2) is 9.37 Å². The number of aliphatic hydroxyl groups is 1. The van der Waals surface area contributed by atoms with Gasteiger partial charge in [-0.3, -0.25) is 19.4 Å². The summed E-state index contributed by atoms with van der Waals surface area (Å²) in [5.74, 6) is -2.29. The van der Waals surface area contributed by atoms with Gasteiger partial charge in [-0.2, -0.15) is 0 Å². The number of aromatic nitrogens is 1. The molecule has 2 N–H and O–H groups in total. The summed E-state index contributed by atoms with van der Waals surface area (Å²) in [7, 11) is 0. The van der Waals surface area contributed by atoms with Crippen molar-refractivity contribution in [2.75, 3.05) is 4.90 Å². The number of aliphatic carboxylic acids is 1. The minimum atomic E-state index is -1.37. The molecule has 2 spiro atoms. The number of amides is 1. The Bertz CT molecular complexity index is 1830. The van der Waals surface area contributed by atoms with E-state index < -0.39 is 46.8 Å². The molecule has 4 atom stereocenters. The number of nitrogens with zero attached hydrogens (tertiary/aromatic N) is 3.